The van der Waals surface area contributed by atoms with E-state index in [2.05, 4.69) is 0 Å². The molecule has 1 atom stereocenters. The van der Waals surface area contributed by atoms with E-state index in [-0.39, 0.29) is 11.8 Å². The zero-order valence-corrected chi connectivity index (χ0v) is 12.8. The molecule has 0 aliphatic carbocycles. The van der Waals surface area contributed by atoms with Gasteiger partial charge in [0, 0.05) is 32.4 Å². The van der Waals surface area contributed by atoms with E-state index < -0.39 is 0 Å². The Morgan fingerprint density at radius 3 is 2.55 bits per heavy atom. The summed E-state index contributed by atoms with van der Waals surface area (Å²) in [6.45, 7) is 5.92. The van der Waals surface area contributed by atoms with E-state index in [0.717, 1.165) is 12.1 Å². The fourth-order valence-electron chi connectivity index (χ4n) is 2.12. The molecule has 0 aliphatic rings. The van der Waals surface area contributed by atoms with Crippen molar-refractivity contribution in [1.82, 2.24) is 0 Å². The van der Waals surface area contributed by atoms with Gasteiger partial charge in [0.15, 0.2) is 0 Å². The highest BCUT2D eigenvalue weighted by atomic mass is 16.5. The summed E-state index contributed by atoms with van der Waals surface area (Å²) in [6, 6.07) is 8.03. The van der Waals surface area contributed by atoms with Crippen LogP contribution in [0.15, 0.2) is 24.3 Å². The highest BCUT2D eigenvalue weighted by molar-refractivity contribution is 5.93. The third-order valence-corrected chi connectivity index (χ3v) is 3.21. The Labute approximate surface area is 121 Å². The number of benzene rings is 1. The molecule has 0 saturated heterocycles. The van der Waals surface area contributed by atoms with E-state index >= 15 is 0 Å². The number of nitrogens with zero attached hydrogens (tertiary/aromatic N) is 1. The zero-order valence-electron chi connectivity index (χ0n) is 12.8. The van der Waals surface area contributed by atoms with Crippen molar-refractivity contribution in [3.8, 4) is 0 Å². The number of hydrogen-bond donors (Lipinski definition) is 1. The van der Waals surface area contributed by atoms with Crippen molar-refractivity contribution in [2.24, 2.45) is 11.7 Å². The summed E-state index contributed by atoms with van der Waals surface area (Å²) < 4.78 is 5.10. The molecule has 0 spiro atoms. The van der Waals surface area contributed by atoms with Crippen molar-refractivity contribution in [3.63, 3.8) is 0 Å². The molecule has 1 amide bonds. The summed E-state index contributed by atoms with van der Waals surface area (Å²) >= 11 is 0. The standard InChI is InChI=1S/C16H26N2O2/c1-13-5-7-15(8-6-13)18(10-4-9-17)16(19)11-14(2)12-20-3/h5-8,14H,4,9-12,17H2,1-3H3. The van der Waals surface area contributed by atoms with Crippen LogP contribution in [0.4, 0.5) is 5.69 Å². The Morgan fingerprint density at radius 1 is 1.35 bits per heavy atom. The van der Waals surface area contributed by atoms with Crippen LogP contribution in [0, 0.1) is 12.8 Å². The predicted molar refractivity (Wildman–Crippen MR) is 82.9 cm³/mol. The summed E-state index contributed by atoms with van der Waals surface area (Å²) in [6.07, 6.45) is 1.30. The minimum atomic E-state index is 0.131. The minimum absolute atomic E-state index is 0.131. The topological polar surface area (TPSA) is 55.6 Å². The maximum Gasteiger partial charge on any atom is 0.227 e. The van der Waals surface area contributed by atoms with Crippen molar-refractivity contribution in [3.05, 3.63) is 29.8 Å². The molecular formula is C16H26N2O2. The Hall–Kier alpha value is -1.39. The normalized spacial score (nSPS) is 12.2. The molecule has 0 bridgehead atoms. The number of aryl methyl sites for hydroxylation is 1. The van der Waals surface area contributed by atoms with Gasteiger partial charge in [-0.2, -0.15) is 0 Å². The second-order valence-electron chi connectivity index (χ2n) is 5.29. The van der Waals surface area contributed by atoms with Gasteiger partial charge in [0.25, 0.3) is 0 Å². The van der Waals surface area contributed by atoms with Crippen molar-refractivity contribution in [1.29, 1.82) is 0 Å². The van der Waals surface area contributed by atoms with Gasteiger partial charge in [-0.15, -0.1) is 0 Å². The van der Waals surface area contributed by atoms with Crippen LogP contribution in [-0.4, -0.2) is 32.7 Å². The molecule has 1 aromatic rings. The molecule has 4 heteroatoms. The molecule has 0 aliphatic heterocycles. The fraction of sp³-hybridized carbons (Fsp3) is 0.562. The molecule has 4 nitrogen and oxygen atoms in total. The predicted octanol–water partition coefficient (Wildman–Crippen LogP) is 2.35. The van der Waals surface area contributed by atoms with Crippen LogP contribution in [0.5, 0.6) is 0 Å². The molecule has 2 N–H and O–H groups in total. The largest absolute Gasteiger partial charge is 0.384 e. The minimum Gasteiger partial charge on any atom is -0.384 e. The maximum absolute atomic E-state index is 12.4. The smallest absolute Gasteiger partial charge is 0.227 e. The SMILES string of the molecule is COCC(C)CC(=O)N(CCCN)c1ccc(C)cc1. The molecule has 1 aromatic carbocycles. The van der Waals surface area contributed by atoms with Gasteiger partial charge in [0.05, 0.1) is 0 Å². The Morgan fingerprint density at radius 2 is 2.00 bits per heavy atom. The van der Waals surface area contributed by atoms with Crippen LogP contribution in [0.1, 0.15) is 25.3 Å². The zero-order chi connectivity index (χ0) is 15.0. The first-order chi connectivity index (χ1) is 9.58. The number of carbonyl (C=O) groups is 1. The van der Waals surface area contributed by atoms with Crippen LogP contribution in [0.25, 0.3) is 0 Å². The summed E-state index contributed by atoms with van der Waals surface area (Å²) in [7, 11) is 1.66. The molecule has 1 rings (SSSR count). The van der Waals surface area contributed by atoms with Crippen LogP contribution in [0.3, 0.4) is 0 Å². The van der Waals surface area contributed by atoms with Gasteiger partial charge in [-0.25, -0.2) is 0 Å². The molecule has 20 heavy (non-hydrogen) atoms. The van der Waals surface area contributed by atoms with Crippen molar-refractivity contribution >= 4 is 11.6 Å². The van der Waals surface area contributed by atoms with Crippen LogP contribution in [0.2, 0.25) is 0 Å². The van der Waals surface area contributed by atoms with E-state index in [4.69, 9.17) is 10.5 Å². The van der Waals surface area contributed by atoms with Crippen LogP contribution in [-0.2, 0) is 9.53 Å². The fourth-order valence-corrected chi connectivity index (χ4v) is 2.12. The molecule has 0 fully saturated rings. The highest BCUT2D eigenvalue weighted by Crippen LogP contribution is 2.18. The number of methoxy groups -OCH3 is 1. The number of rotatable bonds is 8. The van der Waals surface area contributed by atoms with Gasteiger partial charge in [0.1, 0.15) is 0 Å². The Bertz CT molecular complexity index is 403. The van der Waals surface area contributed by atoms with E-state index in [1.165, 1.54) is 5.56 Å². The van der Waals surface area contributed by atoms with Crippen LogP contribution >= 0.6 is 0 Å². The van der Waals surface area contributed by atoms with Crippen LogP contribution < -0.4 is 10.6 Å². The number of ether oxygens (including phenoxy) is 1. The second-order valence-corrected chi connectivity index (χ2v) is 5.29. The van der Waals surface area contributed by atoms with Crippen molar-refractivity contribution in [2.45, 2.75) is 26.7 Å². The first-order valence-corrected chi connectivity index (χ1v) is 7.14. The molecule has 0 radical (unpaired) electrons. The van der Waals surface area contributed by atoms with E-state index in [0.29, 0.717) is 26.1 Å². The Balaban J connectivity index is 2.77. The second kappa shape index (κ2) is 8.72. The van der Waals surface area contributed by atoms with Gasteiger partial charge < -0.3 is 15.4 Å². The average molecular weight is 278 g/mol. The van der Waals surface area contributed by atoms with E-state index in [9.17, 15) is 4.79 Å². The molecule has 0 heterocycles. The maximum atomic E-state index is 12.4. The van der Waals surface area contributed by atoms with Gasteiger partial charge in [-0.05, 0) is 37.9 Å². The average Bonchev–Trinajstić information content (AvgIpc) is 2.41. The van der Waals surface area contributed by atoms with E-state index in [1.54, 1.807) is 7.11 Å². The summed E-state index contributed by atoms with van der Waals surface area (Å²) in [4.78, 5) is 14.3. The van der Waals surface area contributed by atoms with E-state index in [1.807, 2.05) is 43.0 Å². The van der Waals surface area contributed by atoms with Gasteiger partial charge in [-0.1, -0.05) is 24.6 Å². The van der Waals surface area contributed by atoms with Gasteiger partial charge in [-0.3, -0.25) is 4.79 Å². The number of anilines is 1. The lowest BCUT2D eigenvalue weighted by atomic mass is 10.1. The number of nitrogens with two attached hydrogens (primary N) is 1. The number of hydrogen-bond acceptors (Lipinski definition) is 3. The lowest BCUT2D eigenvalue weighted by molar-refractivity contribution is -0.119. The summed E-state index contributed by atoms with van der Waals surface area (Å²) in [5, 5.41) is 0. The molecule has 0 saturated carbocycles. The summed E-state index contributed by atoms with van der Waals surface area (Å²) in [5.41, 5.74) is 7.70. The number of amides is 1. The first-order valence-electron chi connectivity index (χ1n) is 7.14. The monoisotopic (exact) mass is 278 g/mol. The first kappa shape index (κ1) is 16.7. The van der Waals surface area contributed by atoms with Gasteiger partial charge in [0.2, 0.25) is 5.91 Å². The van der Waals surface area contributed by atoms with Crippen molar-refractivity contribution in [2.75, 3.05) is 31.7 Å². The molecular weight excluding hydrogens is 252 g/mol. The van der Waals surface area contributed by atoms with Gasteiger partial charge >= 0.3 is 0 Å². The highest BCUT2D eigenvalue weighted by Gasteiger charge is 2.17. The number of carbonyl (C=O) groups excluding carboxylic acids is 1. The third-order valence-electron chi connectivity index (χ3n) is 3.21. The Kier molecular flexibility index (Phi) is 7.26. The molecule has 1 unspecified atom stereocenters. The molecule has 0 aromatic heterocycles. The lowest BCUT2D eigenvalue weighted by Gasteiger charge is -2.24. The summed E-state index contributed by atoms with van der Waals surface area (Å²) in [5.74, 6) is 0.352. The quantitative estimate of drug-likeness (QED) is 0.794. The van der Waals surface area contributed by atoms with Crippen molar-refractivity contribution < 1.29 is 9.53 Å². The molecule has 112 valence electrons. The third kappa shape index (κ3) is 5.31. The lowest BCUT2D eigenvalue weighted by Crippen LogP contribution is -2.34.